The van der Waals surface area contributed by atoms with Gasteiger partial charge in [-0.3, -0.25) is 4.99 Å². The predicted molar refractivity (Wildman–Crippen MR) is 94.2 cm³/mol. The van der Waals surface area contributed by atoms with Crippen LogP contribution in [0.1, 0.15) is 38.3 Å². The number of rotatable bonds is 6. The summed E-state index contributed by atoms with van der Waals surface area (Å²) in [6.45, 7) is 9.11. The van der Waals surface area contributed by atoms with Crippen LogP contribution in [0.5, 0.6) is 0 Å². The van der Waals surface area contributed by atoms with Gasteiger partial charge in [-0.25, -0.2) is 0 Å². The van der Waals surface area contributed by atoms with E-state index in [1.165, 1.54) is 38.0 Å². The van der Waals surface area contributed by atoms with Crippen LogP contribution in [0.2, 0.25) is 0 Å². The third-order valence-corrected chi connectivity index (χ3v) is 4.34. The van der Waals surface area contributed by atoms with E-state index >= 15 is 0 Å². The quantitative estimate of drug-likeness (QED) is 0.627. The van der Waals surface area contributed by atoms with Crippen molar-refractivity contribution in [3.8, 4) is 0 Å². The lowest BCUT2D eigenvalue weighted by Crippen LogP contribution is -2.41. The van der Waals surface area contributed by atoms with Gasteiger partial charge < -0.3 is 15.5 Å². The summed E-state index contributed by atoms with van der Waals surface area (Å²) in [6, 6.07) is 10.7. The lowest BCUT2D eigenvalue weighted by Gasteiger charge is -2.20. The molecule has 1 fully saturated rings. The van der Waals surface area contributed by atoms with E-state index in [0.717, 1.165) is 18.4 Å². The molecule has 2 atom stereocenters. The molecule has 0 bridgehead atoms. The number of likely N-dealkylation sites (tertiary alicyclic amines) is 1. The molecule has 0 amide bonds. The molecule has 1 saturated heterocycles. The number of guanidine groups is 1. The molecule has 22 heavy (non-hydrogen) atoms. The van der Waals surface area contributed by atoms with Crippen LogP contribution in [0.25, 0.3) is 0 Å². The lowest BCUT2D eigenvalue weighted by atomic mass is 10.1. The van der Waals surface area contributed by atoms with Gasteiger partial charge in [-0.05, 0) is 44.3 Å². The van der Waals surface area contributed by atoms with Crippen LogP contribution in [0.3, 0.4) is 0 Å². The second-order valence-corrected chi connectivity index (χ2v) is 6.19. The van der Waals surface area contributed by atoms with Crippen molar-refractivity contribution in [3.05, 3.63) is 35.9 Å². The van der Waals surface area contributed by atoms with E-state index in [2.05, 4.69) is 58.6 Å². The van der Waals surface area contributed by atoms with E-state index in [1.807, 2.05) is 13.1 Å². The number of benzene rings is 1. The maximum absolute atomic E-state index is 4.35. The summed E-state index contributed by atoms with van der Waals surface area (Å²) in [5.74, 6) is 1.63. The van der Waals surface area contributed by atoms with Crippen molar-refractivity contribution >= 4 is 5.96 Å². The minimum atomic E-state index is 0.257. The fraction of sp³-hybridized carbons (Fsp3) is 0.611. The Bertz CT molecular complexity index is 457. The Hall–Kier alpha value is -1.55. The highest BCUT2D eigenvalue weighted by molar-refractivity contribution is 5.80. The van der Waals surface area contributed by atoms with Crippen LogP contribution >= 0.6 is 0 Å². The first-order valence-electron chi connectivity index (χ1n) is 8.47. The largest absolute Gasteiger partial charge is 0.356 e. The molecule has 0 aromatic heterocycles. The number of aliphatic imine (C=N–C) groups is 1. The molecule has 1 heterocycles. The van der Waals surface area contributed by atoms with Crippen LogP contribution in [0, 0.1) is 5.92 Å². The van der Waals surface area contributed by atoms with E-state index in [-0.39, 0.29) is 6.04 Å². The fourth-order valence-electron chi connectivity index (χ4n) is 3.06. The monoisotopic (exact) mass is 302 g/mol. The Morgan fingerprint density at radius 2 is 2.14 bits per heavy atom. The molecule has 4 heteroatoms. The minimum Gasteiger partial charge on any atom is -0.356 e. The molecule has 0 radical (unpaired) electrons. The highest BCUT2D eigenvalue weighted by atomic mass is 15.2. The topological polar surface area (TPSA) is 39.7 Å². The Kier molecular flexibility index (Phi) is 6.72. The molecule has 1 aliphatic heterocycles. The van der Waals surface area contributed by atoms with Crippen LogP contribution in [0.4, 0.5) is 0 Å². The Balaban J connectivity index is 1.76. The van der Waals surface area contributed by atoms with Gasteiger partial charge in [0, 0.05) is 20.1 Å². The standard InChI is InChI=1S/C18H30N4/c1-4-11-22-12-10-16(14-22)13-20-18(19-3)21-15(2)17-8-6-5-7-9-17/h5-9,15-16H,4,10-14H2,1-3H3,(H2,19,20,21). The average Bonchev–Trinajstić information content (AvgIpc) is 3.00. The number of nitrogens with zero attached hydrogens (tertiary/aromatic N) is 2. The average molecular weight is 302 g/mol. The molecule has 1 aliphatic rings. The van der Waals surface area contributed by atoms with E-state index in [9.17, 15) is 0 Å². The molecule has 0 aliphatic carbocycles. The molecule has 1 aromatic rings. The molecule has 4 nitrogen and oxygen atoms in total. The lowest BCUT2D eigenvalue weighted by molar-refractivity contribution is 0.324. The molecular weight excluding hydrogens is 272 g/mol. The Labute approximate surface area is 135 Å². The molecule has 1 aromatic carbocycles. The third-order valence-electron chi connectivity index (χ3n) is 4.34. The fourth-order valence-corrected chi connectivity index (χ4v) is 3.06. The summed E-state index contributed by atoms with van der Waals surface area (Å²) in [4.78, 5) is 6.92. The van der Waals surface area contributed by atoms with Crippen molar-refractivity contribution < 1.29 is 0 Å². The van der Waals surface area contributed by atoms with Gasteiger partial charge in [0.25, 0.3) is 0 Å². The smallest absolute Gasteiger partial charge is 0.191 e. The molecule has 2 unspecified atom stereocenters. The second-order valence-electron chi connectivity index (χ2n) is 6.19. The molecule has 0 spiro atoms. The van der Waals surface area contributed by atoms with Crippen molar-refractivity contribution in [1.82, 2.24) is 15.5 Å². The number of hydrogen-bond donors (Lipinski definition) is 2. The Morgan fingerprint density at radius 3 is 2.82 bits per heavy atom. The first kappa shape index (κ1) is 16.8. The van der Waals surface area contributed by atoms with Gasteiger partial charge in [-0.15, -0.1) is 0 Å². The summed E-state index contributed by atoms with van der Waals surface area (Å²) in [5, 5.41) is 6.96. The van der Waals surface area contributed by atoms with Crippen molar-refractivity contribution in [2.24, 2.45) is 10.9 Å². The molecular formula is C18H30N4. The van der Waals surface area contributed by atoms with Crippen LogP contribution in [-0.4, -0.2) is 44.1 Å². The van der Waals surface area contributed by atoms with Crippen LogP contribution < -0.4 is 10.6 Å². The maximum Gasteiger partial charge on any atom is 0.191 e. The molecule has 122 valence electrons. The first-order chi connectivity index (χ1) is 10.7. The van der Waals surface area contributed by atoms with E-state index in [0.29, 0.717) is 0 Å². The van der Waals surface area contributed by atoms with Gasteiger partial charge in [0.2, 0.25) is 0 Å². The summed E-state index contributed by atoms with van der Waals surface area (Å²) in [6.07, 6.45) is 2.54. The number of hydrogen-bond acceptors (Lipinski definition) is 2. The molecule has 2 rings (SSSR count). The summed E-state index contributed by atoms with van der Waals surface area (Å²) < 4.78 is 0. The third kappa shape index (κ3) is 5.02. The van der Waals surface area contributed by atoms with Gasteiger partial charge in [-0.2, -0.15) is 0 Å². The first-order valence-corrected chi connectivity index (χ1v) is 8.47. The summed E-state index contributed by atoms with van der Waals surface area (Å²) in [5.41, 5.74) is 1.28. The van der Waals surface area contributed by atoms with Gasteiger partial charge in [-0.1, -0.05) is 37.3 Å². The van der Waals surface area contributed by atoms with Gasteiger partial charge in [0.15, 0.2) is 5.96 Å². The maximum atomic E-state index is 4.35. The highest BCUT2D eigenvalue weighted by Crippen LogP contribution is 2.15. The van der Waals surface area contributed by atoms with Gasteiger partial charge in [0.05, 0.1) is 6.04 Å². The van der Waals surface area contributed by atoms with Crippen molar-refractivity contribution in [1.29, 1.82) is 0 Å². The second kappa shape index (κ2) is 8.79. The van der Waals surface area contributed by atoms with Crippen molar-refractivity contribution in [3.63, 3.8) is 0 Å². The summed E-state index contributed by atoms with van der Waals surface area (Å²) >= 11 is 0. The van der Waals surface area contributed by atoms with Crippen molar-refractivity contribution in [2.75, 3.05) is 33.2 Å². The van der Waals surface area contributed by atoms with Gasteiger partial charge in [0.1, 0.15) is 0 Å². The SMILES string of the molecule is CCCN1CCC(CNC(=NC)NC(C)c2ccccc2)C1. The van der Waals surface area contributed by atoms with E-state index in [1.54, 1.807) is 0 Å². The molecule has 2 N–H and O–H groups in total. The van der Waals surface area contributed by atoms with E-state index < -0.39 is 0 Å². The predicted octanol–water partition coefficient (Wildman–Crippen LogP) is 2.64. The van der Waals surface area contributed by atoms with Crippen LogP contribution in [0.15, 0.2) is 35.3 Å². The molecule has 0 saturated carbocycles. The number of nitrogens with one attached hydrogen (secondary N) is 2. The minimum absolute atomic E-state index is 0.257. The zero-order chi connectivity index (χ0) is 15.8. The Morgan fingerprint density at radius 1 is 1.36 bits per heavy atom. The van der Waals surface area contributed by atoms with E-state index in [4.69, 9.17) is 0 Å². The van der Waals surface area contributed by atoms with Crippen LogP contribution in [-0.2, 0) is 0 Å². The summed E-state index contributed by atoms with van der Waals surface area (Å²) in [7, 11) is 1.84. The zero-order valence-electron chi connectivity index (χ0n) is 14.2. The zero-order valence-corrected chi connectivity index (χ0v) is 14.2. The highest BCUT2D eigenvalue weighted by Gasteiger charge is 2.21. The van der Waals surface area contributed by atoms with Gasteiger partial charge >= 0.3 is 0 Å². The normalized spacial score (nSPS) is 20.9. The van der Waals surface area contributed by atoms with Crippen molar-refractivity contribution in [2.45, 2.75) is 32.7 Å².